The number of pyridine rings is 1. The number of nitrogens with one attached hydrogen (secondary N) is 1. The summed E-state index contributed by atoms with van der Waals surface area (Å²) < 4.78 is 4.96. The van der Waals surface area contributed by atoms with Crippen LogP contribution >= 0.6 is 0 Å². The van der Waals surface area contributed by atoms with Crippen molar-refractivity contribution in [2.75, 3.05) is 12.4 Å². The van der Waals surface area contributed by atoms with Gasteiger partial charge in [-0.1, -0.05) is 13.3 Å². The van der Waals surface area contributed by atoms with Crippen LogP contribution in [0.5, 0.6) is 5.88 Å². The molecule has 2 atom stereocenters. The smallest absolute Gasteiger partial charge is 0.227 e. The maximum Gasteiger partial charge on any atom is 0.227 e. The van der Waals surface area contributed by atoms with Crippen molar-refractivity contribution in [1.82, 2.24) is 4.98 Å². The zero-order valence-corrected chi connectivity index (χ0v) is 11.8. The van der Waals surface area contributed by atoms with Crippen LogP contribution < -0.4 is 15.8 Å². The number of hydrogen-bond acceptors (Lipinski definition) is 4. The number of nitrogens with two attached hydrogens (primary N) is 1. The molecule has 0 saturated heterocycles. The van der Waals surface area contributed by atoms with Gasteiger partial charge in [0.15, 0.2) is 0 Å². The number of ether oxygens (including phenoxy) is 1. The quantitative estimate of drug-likeness (QED) is 0.792. The zero-order chi connectivity index (χ0) is 14.3. The van der Waals surface area contributed by atoms with Gasteiger partial charge in [0.2, 0.25) is 11.8 Å². The van der Waals surface area contributed by atoms with Gasteiger partial charge in [-0.05, 0) is 25.8 Å². The first kappa shape index (κ1) is 15.4. The summed E-state index contributed by atoms with van der Waals surface area (Å²) in [6.45, 7) is 3.90. The minimum absolute atomic E-state index is 0.0108. The summed E-state index contributed by atoms with van der Waals surface area (Å²) in [7, 11) is 1.56. The number of aromatic nitrogens is 1. The fourth-order valence-corrected chi connectivity index (χ4v) is 1.72. The van der Waals surface area contributed by atoms with Crippen molar-refractivity contribution in [3.8, 4) is 5.88 Å². The number of carbonyl (C=O) groups excluding carboxylic acids is 1. The highest BCUT2D eigenvalue weighted by molar-refractivity contribution is 5.92. The Morgan fingerprint density at radius 1 is 1.42 bits per heavy atom. The van der Waals surface area contributed by atoms with Crippen molar-refractivity contribution in [3.05, 3.63) is 18.3 Å². The average molecular weight is 265 g/mol. The summed E-state index contributed by atoms with van der Waals surface area (Å²) in [4.78, 5) is 16.0. The molecule has 0 aromatic carbocycles. The van der Waals surface area contributed by atoms with Gasteiger partial charge in [0.1, 0.15) is 0 Å². The van der Waals surface area contributed by atoms with Crippen LogP contribution in [0.3, 0.4) is 0 Å². The lowest BCUT2D eigenvalue weighted by atomic mass is 10.0. The van der Waals surface area contributed by atoms with E-state index >= 15 is 0 Å². The predicted molar refractivity (Wildman–Crippen MR) is 76.1 cm³/mol. The molecular formula is C14H23N3O2. The molecule has 2 unspecified atom stereocenters. The number of carbonyl (C=O) groups is 1. The second-order valence-corrected chi connectivity index (χ2v) is 4.89. The van der Waals surface area contributed by atoms with E-state index in [-0.39, 0.29) is 17.9 Å². The van der Waals surface area contributed by atoms with E-state index < -0.39 is 0 Å². The first-order valence-corrected chi connectivity index (χ1v) is 6.59. The van der Waals surface area contributed by atoms with Gasteiger partial charge in [0.25, 0.3) is 0 Å². The van der Waals surface area contributed by atoms with Crippen LogP contribution in [0.1, 0.15) is 33.1 Å². The van der Waals surface area contributed by atoms with Gasteiger partial charge in [-0.3, -0.25) is 4.79 Å². The zero-order valence-electron chi connectivity index (χ0n) is 11.8. The second-order valence-electron chi connectivity index (χ2n) is 4.89. The van der Waals surface area contributed by atoms with E-state index in [1.807, 2.05) is 13.8 Å². The summed E-state index contributed by atoms with van der Waals surface area (Å²) in [6, 6.07) is 3.69. The third-order valence-corrected chi connectivity index (χ3v) is 2.96. The number of amides is 1. The molecule has 1 aromatic rings. The van der Waals surface area contributed by atoms with Gasteiger partial charge >= 0.3 is 0 Å². The standard InChI is InChI=1S/C14H23N3O2/c1-10(5-4-6-11(2)15)14(18)17-12-7-8-13(19-3)16-9-12/h7-11H,4-6,15H2,1-3H3,(H,17,18). The molecule has 1 amide bonds. The molecule has 1 heterocycles. The Hall–Kier alpha value is -1.62. The number of anilines is 1. The number of nitrogens with zero attached hydrogens (tertiary/aromatic N) is 1. The number of rotatable bonds is 7. The minimum Gasteiger partial charge on any atom is -0.481 e. The van der Waals surface area contributed by atoms with Crippen molar-refractivity contribution in [2.45, 2.75) is 39.2 Å². The topological polar surface area (TPSA) is 77.2 Å². The molecule has 1 rings (SSSR count). The van der Waals surface area contributed by atoms with Gasteiger partial charge in [-0.2, -0.15) is 0 Å². The van der Waals surface area contributed by atoms with Crippen molar-refractivity contribution in [2.24, 2.45) is 11.7 Å². The van der Waals surface area contributed by atoms with Crippen molar-refractivity contribution < 1.29 is 9.53 Å². The van der Waals surface area contributed by atoms with Crippen LogP contribution in [0.2, 0.25) is 0 Å². The van der Waals surface area contributed by atoms with Crippen LogP contribution in [0.25, 0.3) is 0 Å². The Balaban J connectivity index is 2.40. The summed E-state index contributed by atoms with van der Waals surface area (Å²) in [5.74, 6) is 0.514. The third kappa shape index (κ3) is 5.70. The monoisotopic (exact) mass is 265 g/mol. The molecule has 0 aliphatic heterocycles. The molecule has 5 nitrogen and oxygen atoms in total. The Kier molecular flexibility index (Phi) is 6.29. The minimum atomic E-state index is -0.0270. The van der Waals surface area contributed by atoms with E-state index in [2.05, 4.69) is 10.3 Å². The molecule has 0 saturated carbocycles. The lowest BCUT2D eigenvalue weighted by Gasteiger charge is -2.12. The van der Waals surface area contributed by atoms with E-state index in [0.29, 0.717) is 11.6 Å². The maximum absolute atomic E-state index is 11.9. The van der Waals surface area contributed by atoms with Gasteiger partial charge in [0, 0.05) is 18.0 Å². The summed E-state index contributed by atoms with van der Waals surface area (Å²) in [5.41, 5.74) is 6.37. The van der Waals surface area contributed by atoms with E-state index in [4.69, 9.17) is 10.5 Å². The van der Waals surface area contributed by atoms with Gasteiger partial charge in [0.05, 0.1) is 19.0 Å². The molecule has 1 aromatic heterocycles. The van der Waals surface area contributed by atoms with Crippen LogP contribution in [-0.4, -0.2) is 24.0 Å². The highest BCUT2D eigenvalue weighted by Gasteiger charge is 2.13. The van der Waals surface area contributed by atoms with E-state index in [1.54, 1.807) is 25.4 Å². The fraction of sp³-hybridized carbons (Fsp3) is 0.571. The molecule has 0 radical (unpaired) electrons. The van der Waals surface area contributed by atoms with Crippen LogP contribution in [0.15, 0.2) is 18.3 Å². The van der Waals surface area contributed by atoms with Crippen molar-refractivity contribution >= 4 is 11.6 Å². The molecule has 5 heteroatoms. The number of methoxy groups -OCH3 is 1. The molecular weight excluding hydrogens is 242 g/mol. The van der Waals surface area contributed by atoms with E-state index in [0.717, 1.165) is 19.3 Å². The Morgan fingerprint density at radius 2 is 2.16 bits per heavy atom. The van der Waals surface area contributed by atoms with Gasteiger partial charge < -0.3 is 15.8 Å². The fourth-order valence-electron chi connectivity index (χ4n) is 1.72. The third-order valence-electron chi connectivity index (χ3n) is 2.96. The molecule has 3 N–H and O–H groups in total. The maximum atomic E-state index is 11.9. The molecule has 106 valence electrons. The van der Waals surface area contributed by atoms with E-state index in [1.165, 1.54) is 0 Å². The predicted octanol–water partition coefficient (Wildman–Crippen LogP) is 2.18. The first-order valence-electron chi connectivity index (χ1n) is 6.59. The Labute approximate surface area is 114 Å². The van der Waals surface area contributed by atoms with Crippen LogP contribution in [0.4, 0.5) is 5.69 Å². The Morgan fingerprint density at radius 3 is 2.68 bits per heavy atom. The summed E-state index contributed by atoms with van der Waals surface area (Å²) >= 11 is 0. The largest absolute Gasteiger partial charge is 0.481 e. The average Bonchev–Trinajstić information content (AvgIpc) is 2.39. The van der Waals surface area contributed by atoms with Crippen LogP contribution in [0, 0.1) is 5.92 Å². The highest BCUT2D eigenvalue weighted by atomic mass is 16.5. The molecule has 0 aliphatic rings. The highest BCUT2D eigenvalue weighted by Crippen LogP contribution is 2.14. The molecule has 19 heavy (non-hydrogen) atoms. The SMILES string of the molecule is COc1ccc(NC(=O)C(C)CCCC(C)N)cn1. The van der Waals surface area contributed by atoms with Gasteiger partial charge in [-0.25, -0.2) is 4.98 Å². The lowest BCUT2D eigenvalue weighted by molar-refractivity contribution is -0.119. The summed E-state index contributed by atoms with van der Waals surface area (Å²) in [6.07, 6.45) is 4.34. The van der Waals surface area contributed by atoms with Gasteiger partial charge in [-0.15, -0.1) is 0 Å². The van der Waals surface area contributed by atoms with Crippen molar-refractivity contribution in [1.29, 1.82) is 0 Å². The molecule has 0 spiro atoms. The molecule has 0 aliphatic carbocycles. The lowest BCUT2D eigenvalue weighted by Crippen LogP contribution is -2.21. The molecule has 0 fully saturated rings. The number of hydrogen-bond donors (Lipinski definition) is 2. The van der Waals surface area contributed by atoms with E-state index in [9.17, 15) is 4.79 Å². The normalized spacial score (nSPS) is 13.7. The first-order chi connectivity index (χ1) is 9.02. The van der Waals surface area contributed by atoms with Crippen molar-refractivity contribution in [3.63, 3.8) is 0 Å². The Bertz CT molecular complexity index is 390. The molecule has 0 bridgehead atoms. The summed E-state index contributed by atoms with van der Waals surface area (Å²) in [5, 5.41) is 2.84. The van der Waals surface area contributed by atoms with Crippen LogP contribution in [-0.2, 0) is 4.79 Å². The second kappa shape index (κ2) is 7.74.